The van der Waals surface area contributed by atoms with Gasteiger partial charge < -0.3 is 45.4 Å². The van der Waals surface area contributed by atoms with Gasteiger partial charge in [-0.1, -0.05) is 52.0 Å². The van der Waals surface area contributed by atoms with Crippen molar-refractivity contribution in [1.29, 1.82) is 0 Å². The van der Waals surface area contributed by atoms with Crippen LogP contribution in [-0.4, -0.2) is 111 Å². The van der Waals surface area contributed by atoms with Gasteiger partial charge >= 0.3 is 12.2 Å². The number of halogens is 1. The number of nitrogens with zero attached hydrogens (tertiary/aromatic N) is 4. The lowest BCUT2D eigenvalue weighted by molar-refractivity contribution is -0.0516. The molecule has 6 aliphatic rings. The fourth-order valence-electron chi connectivity index (χ4n) is 11.8. The van der Waals surface area contributed by atoms with Crippen LogP contribution in [0.15, 0.2) is 54.7 Å². The number of likely N-dealkylation sites (tertiary alicyclic amines) is 2. The van der Waals surface area contributed by atoms with Crippen molar-refractivity contribution in [2.75, 3.05) is 32.6 Å². The number of benzene rings is 2. The van der Waals surface area contributed by atoms with E-state index in [0.717, 1.165) is 65.4 Å². The second-order valence-electron chi connectivity index (χ2n) is 20.0. The quantitative estimate of drug-likeness (QED) is 0.0784. The smallest absolute Gasteiger partial charge is 0.407 e. The van der Waals surface area contributed by atoms with E-state index in [2.05, 4.69) is 105 Å². The van der Waals surface area contributed by atoms with Gasteiger partial charge in [0.25, 0.3) is 0 Å². The zero-order valence-electron chi connectivity index (χ0n) is 38.0. The molecule has 15 heteroatoms. The Morgan fingerprint density at radius 3 is 2.39 bits per heavy atom. The van der Waals surface area contributed by atoms with Crippen molar-refractivity contribution in [1.82, 2.24) is 40.3 Å². The molecule has 2 aromatic heterocycles. The standard InChI is InChI=1S/C49H64FN9O5/c1-25(2)42(54-47(61)63-6)27(5)57-16-8-9-39(57)44-51-23-37(52-44)29-13-15-38-31(17-29)19-40-34-14-12-30(18-36(34)53-45(59(38)40)28-10-11-28)35-20-32-22-49(32,56-35)41-21-33(50)24-58(41)46(60)43(26(3)4)55-48(62)64-7/h12-15,17-20,23,25-28,32-33,39,41-43,45-46,53,56,60H,8-11,16,21-22,24H2,1-7H3,(H,51,52)(H,54,61)(H,55,62)/t27?,32?,33-,39+,41?,42?,43+,45?,46?,49?/m1/s1. The summed E-state index contributed by atoms with van der Waals surface area (Å²) in [6, 6.07) is 15.0. The number of alkyl halides is 1. The van der Waals surface area contributed by atoms with Gasteiger partial charge in [-0.05, 0) is 99.6 Å². The summed E-state index contributed by atoms with van der Waals surface area (Å²) in [6.45, 7) is 11.4. The van der Waals surface area contributed by atoms with E-state index < -0.39 is 30.6 Å². The van der Waals surface area contributed by atoms with E-state index >= 15 is 4.39 Å². The maximum absolute atomic E-state index is 15.3. The summed E-state index contributed by atoms with van der Waals surface area (Å²) in [4.78, 5) is 37.4. The number of fused-ring (bicyclic) bond motifs is 6. The summed E-state index contributed by atoms with van der Waals surface area (Å²) in [6.07, 6.45) is 6.84. The highest BCUT2D eigenvalue weighted by atomic mass is 19.1. The van der Waals surface area contributed by atoms with Crippen molar-refractivity contribution in [3.8, 4) is 22.5 Å². The average molecular weight is 878 g/mol. The first-order valence-corrected chi connectivity index (χ1v) is 23.4. The fourth-order valence-corrected chi connectivity index (χ4v) is 11.8. The molecule has 6 heterocycles. The number of carbonyl (C=O) groups excluding carboxylic acids is 2. The first kappa shape index (κ1) is 42.8. The van der Waals surface area contributed by atoms with E-state index in [4.69, 9.17) is 14.5 Å². The second-order valence-corrected chi connectivity index (χ2v) is 20.0. The fraction of sp³-hybridized carbons (Fsp3) is 0.571. The number of aromatic nitrogens is 3. The number of imidazole rings is 1. The lowest BCUT2D eigenvalue weighted by atomic mass is 9.96. The number of alkyl carbamates (subject to hydrolysis) is 2. The second kappa shape index (κ2) is 16.4. The predicted octanol–water partition coefficient (Wildman–Crippen LogP) is 7.75. The molecule has 0 spiro atoms. The monoisotopic (exact) mass is 878 g/mol. The molecule has 342 valence electrons. The van der Waals surface area contributed by atoms with Crippen molar-refractivity contribution in [2.45, 2.75) is 127 Å². The Morgan fingerprint density at radius 1 is 0.938 bits per heavy atom. The maximum atomic E-state index is 15.3. The van der Waals surface area contributed by atoms with Crippen molar-refractivity contribution in [2.24, 2.45) is 23.7 Å². The summed E-state index contributed by atoms with van der Waals surface area (Å²) >= 11 is 0. The molecule has 2 aliphatic carbocycles. The van der Waals surface area contributed by atoms with Gasteiger partial charge in [0.2, 0.25) is 0 Å². The maximum Gasteiger partial charge on any atom is 0.407 e. The van der Waals surface area contributed by atoms with Gasteiger partial charge in [-0.2, -0.15) is 0 Å². The number of methoxy groups -OCH3 is 2. The number of H-pyrrole nitrogens is 1. The van der Waals surface area contributed by atoms with Crippen LogP contribution >= 0.6 is 0 Å². The molecule has 14 nitrogen and oxygen atoms in total. The highest BCUT2D eigenvalue weighted by molar-refractivity contribution is 5.94. The van der Waals surface area contributed by atoms with E-state index in [1.807, 2.05) is 24.9 Å². The SMILES string of the molecule is COC(=O)NC(C(C)C)C(C)N1CCC[C@H]1c1ncc(-c2ccc3c(c2)cc2n3C(C3CC3)Nc3cc(C4=CC5CC5(C5C[C@@H](F)CN5C(O)[C@@H](NC(=O)OC)C(C)C)N4)ccc3-2)[nH]1. The van der Waals surface area contributed by atoms with Gasteiger partial charge in [0, 0.05) is 58.5 Å². The van der Waals surface area contributed by atoms with E-state index in [9.17, 15) is 14.7 Å². The van der Waals surface area contributed by atoms with Gasteiger partial charge in [0.05, 0.1) is 54.9 Å². The molecule has 10 rings (SSSR count). The van der Waals surface area contributed by atoms with Crippen LogP contribution in [0.2, 0.25) is 0 Å². The third kappa shape index (κ3) is 7.40. The van der Waals surface area contributed by atoms with E-state index in [0.29, 0.717) is 12.3 Å². The van der Waals surface area contributed by atoms with Gasteiger partial charge in [-0.25, -0.2) is 19.0 Å². The Hall–Kier alpha value is -5.12. The molecule has 2 amide bonds. The van der Waals surface area contributed by atoms with Crippen LogP contribution in [0.5, 0.6) is 0 Å². The predicted molar refractivity (Wildman–Crippen MR) is 245 cm³/mol. The molecule has 4 aliphatic heterocycles. The van der Waals surface area contributed by atoms with E-state index in [1.165, 1.54) is 43.7 Å². The molecule has 7 unspecified atom stereocenters. The van der Waals surface area contributed by atoms with Crippen LogP contribution in [0, 0.1) is 23.7 Å². The van der Waals surface area contributed by atoms with Gasteiger partial charge in [0.1, 0.15) is 24.4 Å². The van der Waals surface area contributed by atoms with Crippen LogP contribution in [0.3, 0.4) is 0 Å². The number of aliphatic hydroxyl groups is 1. The van der Waals surface area contributed by atoms with E-state index in [-0.39, 0.29) is 60.2 Å². The summed E-state index contributed by atoms with van der Waals surface area (Å²) in [5, 5.41) is 26.5. The van der Waals surface area contributed by atoms with Crippen molar-refractivity contribution < 1.29 is 28.6 Å². The minimum atomic E-state index is -1.07. The van der Waals surface area contributed by atoms with Crippen LogP contribution < -0.4 is 21.3 Å². The normalized spacial score (nSPS) is 28.1. The number of hydrogen-bond acceptors (Lipinski definition) is 10. The molecule has 10 atom stereocenters. The Kier molecular flexibility index (Phi) is 11.0. The number of ether oxygens (including phenoxy) is 2. The molecule has 2 saturated carbocycles. The number of nitrogens with one attached hydrogen (secondary N) is 5. The molecule has 4 fully saturated rings. The number of anilines is 1. The molecule has 0 bridgehead atoms. The van der Waals surface area contributed by atoms with Crippen LogP contribution in [-0.2, 0) is 9.47 Å². The zero-order valence-corrected chi connectivity index (χ0v) is 38.0. The van der Waals surface area contributed by atoms with Crippen LogP contribution in [0.25, 0.3) is 39.1 Å². The molecule has 64 heavy (non-hydrogen) atoms. The minimum Gasteiger partial charge on any atom is -0.453 e. The summed E-state index contributed by atoms with van der Waals surface area (Å²) in [5.74, 6) is 1.85. The lowest BCUT2D eigenvalue weighted by Gasteiger charge is -2.39. The molecule has 2 aromatic carbocycles. The highest BCUT2D eigenvalue weighted by Gasteiger charge is 2.65. The third-order valence-electron chi connectivity index (χ3n) is 15.4. The summed E-state index contributed by atoms with van der Waals surface area (Å²) < 4.78 is 27.6. The average Bonchev–Trinajstić information content (AvgIpc) is 3.78. The number of carbonyl (C=O) groups is 2. The highest BCUT2D eigenvalue weighted by Crippen LogP contribution is 2.58. The molecule has 2 saturated heterocycles. The number of aliphatic hydroxyl groups excluding tert-OH is 1. The Balaban J connectivity index is 0.889. The van der Waals surface area contributed by atoms with Gasteiger partial charge in [0.15, 0.2) is 0 Å². The van der Waals surface area contributed by atoms with Crippen molar-refractivity contribution in [3.63, 3.8) is 0 Å². The Bertz CT molecular complexity index is 2460. The largest absolute Gasteiger partial charge is 0.453 e. The summed E-state index contributed by atoms with van der Waals surface area (Å²) in [5.41, 5.74) is 8.47. The zero-order chi connectivity index (χ0) is 44.8. The minimum absolute atomic E-state index is 0.0606. The van der Waals surface area contributed by atoms with Crippen molar-refractivity contribution in [3.05, 3.63) is 66.1 Å². The van der Waals surface area contributed by atoms with Gasteiger partial charge in [-0.15, -0.1) is 0 Å². The first-order chi connectivity index (χ1) is 30.8. The molecule has 4 aromatic rings. The number of amides is 2. The van der Waals surface area contributed by atoms with Gasteiger partial charge in [-0.3, -0.25) is 9.80 Å². The molecule has 6 N–H and O–H groups in total. The topological polar surface area (TPSA) is 161 Å². The third-order valence-corrected chi connectivity index (χ3v) is 15.4. The number of aromatic amines is 1. The Labute approximate surface area is 374 Å². The number of hydrogen-bond donors (Lipinski definition) is 6. The van der Waals surface area contributed by atoms with Crippen LogP contribution in [0.1, 0.15) is 96.7 Å². The molecular weight excluding hydrogens is 814 g/mol. The molecular formula is C49H64FN9O5. The van der Waals surface area contributed by atoms with Crippen molar-refractivity contribution >= 4 is 34.5 Å². The lowest BCUT2D eigenvalue weighted by Crippen LogP contribution is -2.59. The summed E-state index contributed by atoms with van der Waals surface area (Å²) in [7, 11) is 2.71. The number of rotatable bonds is 13. The molecule has 0 radical (unpaired) electrons. The Morgan fingerprint density at radius 2 is 1.67 bits per heavy atom. The van der Waals surface area contributed by atoms with E-state index in [1.54, 1.807) is 0 Å². The first-order valence-electron chi connectivity index (χ1n) is 23.4. The van der Waals surface area contributed by atoms with Crippen LogP contribution in [0.4, 0.5) is 19.7 Å².